The molecule has 0 spiro atoms. The van der Waals surface area contributed by atoms with Gasteiger partial charge in [0.2, 0.25) is 5.91 Å². The molecule has 1 aliphatic heterocycles. The predicted molar refractivity (Wildman–Crippen MR) is 129 cm³/mol. The third kappa shape index (κ3) is 5.31. The molecule has 0 bridgehead atoms. The molecule has 0 saturated carbocycles. The van der Waals surface area contributed by atoms with Crippen molar-refractivity contribution >= 4 is 40.5 Å². The Labute approximate surface area is 192 Å². The number of carbonyl (C=O) groups is 2. The van der Waals surface area contributed by atoms with Gasteiger partial charge >= 0.3 is 0 Å². The second-order valence-electron chi connectivity index (χ2n) is 6.89. The van der Waals surface area contributed by atoms with Gasteiger partial charge < -0.3 is 14.4 Å². The monoisotopic (exact) mass is 453 g/mol. The lowest BCUT2D eigenvalue weighted by atomic mass is 10.2. The van der Waals surface area contributed by atoms with Gasteiger partial charge in [0.15, 0.2) is 5.17 Å². The first-order valence-electron chi connectivity index (χ1n) is 10.3. The van der Waals surface area contributed by atoms with Crippen LogP contribution >= 0.6 is 11.8 Å². The number of carbonyl (C=O) groups excluding carboxylic acids is 2. The molecule has 0 unspecified atom stereocenters. The standard InChI is InChI=1S/C24H27N3O4S/c1-5-26(6-2)22(28)16-32-24-25-21(14-17-10-12-19(30-3)13-11-17)23(29)27(24)18-8-7-9-20(15-18)31-4/h7-15H,5-6,16H2,1-4H3/b21-14-. The highest BCUT2D eigenvalue weighted by Crippen LogP contribution is 2.31. The van der Waals surface area contributed by atoms with E-state index in [1.165, 1.54) is 16.7 Å². The number of methoxy groups -OCH3 is 2. The first-order valence-corrected chi connectivity index (χ1v) is 11.3. The topological polar surface area (TPSA) is 71.4 Å². The summed E-state index contributed by atoms with van der Waals surface area (Å²) in [4.78, 5) is 33.7. The van der Waals surface area contributed by atoms with Gasteiger partial charge in [-0.2, -0.15) is 0 Å². The molecule has 3 rings (SSSR count). The zero-order valence-corrected chi connectivity index (χ0v) is 19.5. The summed E-state index contributed by atoms with van der Waals surface area (Å²) in [6, 6.07) is 14.6. The van der Waals surface area contributed by atoms with Crippen LogP contribution < -0.4 is 14.4 Å². The van der Waals surface area contributed by atoms with Gasteiger partial charge in [-0.3, -0.25) is 14.5 Å². The van der Waals surface area contributed by atoms with E-state index in [0.717, 1.165) is 11.3 Å². The zero-order chi connectivity index (χ0) is 23.1. The van der Waals surface area contributed by atoms with Crippen molar-refractivity contribution in [2.75, 3.05) is 38.0 Å². The summed E-state index contributed by atoms with van der Waals surface area (Å²) in [5.41, 5.74) is 1.76. The van der Waals surface area contributed by atoms with Gasteiger partial charge in [0.1, 0.15) is 17.2 Å². The van der Waals surface area contributed by atoms with Crippen LogP contribution in [0, 0.1) is 0 Å². The number of amidine groups is 1. The fraction of sp³-hybridized carbons (Fsp3) is 0.292. The van der Waals surface area contributed by atoms with Crippen molar-refractivity contribution in [2.24, 2.45) is 4.99 Å². The Hall–Kier alpha value is -3.26. The summed E-state index contributed by atoms with van der Waals surface area (Å²) in [6.45, 7) is 5.18. The van der Waals surface area contributed by atoms with E-state index in [1.807, 2.05) is 56.3 Å². The quantitative estimate of drug-likeness (QED) is 0.564. The van der Waals surface area contributed by atoms with E-state index in [9.17, 15) is 9.59 Å². The summed E-state index contributed by atoms with van der Waals surface area (Å²) in [5.74, 6) is 1.31. The number of benzene rings is 2. The summed E-state index contributed by atoms with van der Waals surface area (Å²) < 4.78 is 10.5. The number of ether oxygens (including phenoxy) is 2. The summed E-state index contributed by atoms with van der Waals surface area (Å²) in [5, 5.41) is 0.462. The van der Waals surface area contributed by atoms with E-state index in [2.05, 4.69) is 4.99 Å². The van der Waals surface area contributed by atoms with Crippen molar-refractivity contribution in [2.45, 2.75) is 13.8 Å². The van der Waals surface area contributed by atoms with Gasteiger partial charge in [-0.15, -0.1) is 0 Å². The first-order chi connectivity index (χ1) is 15.5. The van der Waals surface area contributed by atoms with Gasteiger partial charge in [0.05, 0.1) is 25.7 Å². The van der Waals surface area contributed by atoms with Crippen LogP contribution in [0.5, 0.6) is 11.5 Å². The molecule has 0 N–H and O–H groups in total. The molecule has 8 heteroatoms. The second-order valence-corrected chi connectivity index (χ2v) is 7.84. The lowest BCUT2D eigenvalue weighted by Gasteiger charge is -2.21. The van der Waals surface area contributed by atoms with E-state index in [1.54, 1.807) is 31.3 Å². The van der Waals surface area contributed by atoms with Crippen molar-refractivity contribution in [3.8, 4) is 11.5 Å². The number of rotatable bonds is 8. The van der Waals surface area contributed by atoms with E-state index >= 15 is 0 Å². The lowest BCUT2D eigenvalue weighted by Crippen LogP contribution is -2.34. The maximum absolute atomic E-state index is 13.3. The minimum atomic E-state index is -0.258. The van der Waals surface area contributed by atoms with Crippen molar-refractivity contribution < 1.29 is 19.1 Å². The molecule has 2 amide bonds. The molecule has 7 nitrogen and oxygen atoms in total. The van der Waals surface area contributed by atoms with Crippen LogP contribution in [0.4, 0.5) is 5.69 Å². The van der Waals surface area contributed by atoms with Crippen LogP contribution in [-0.4, -0.2) is 54.9 Å². The third-order valence-electron chi connectivity index (χ3n) is 5.00. The SMILES string of the molecule is CCN(CC)C(=O)CSC1=N/C(=C\c2ccc(OC)cc2)C(=O)N1c1cccc(OC)c1. The minimum Gasteiger partial charge on any atom is -0.497 e. The van der Waals surface area contributed by atoms with Crippen LogP contribution in [0.1, 0.15) is 19.4 Å². The Balaban J connectivity index is 1.92. The largest absolute Gasteiger partial charge is 0.497 e. The molecule has 2 aromatic rings. The van der Waals surface area contributed by atoms with Gasteiger partial charge in [0.25, 0.3) is 5.91 Å². The Bertz CT molecular complexity index is 1030. The molecule has 0 aromatic heterocycles. The number of hydrogen-bond acceptors (Lipinski definition) is 6. The fourth-order valence-electron chi connectivity index (χ4n) is 3.22. The minimum absolute atomic E-state index is 0.00771. The van der Waals surface area contributed by atoms with Crippen molar-refractivity contribution in [1.82, 2.24) is 4.90 Å². The van der Waals surface area contributed by atoms with Gasteiger partial charge in [-0.1, -0.05) is 30.0 Å². The van der Waals surface area contributed by atoms with Gasteiger partial charge in [0, 0.05) is 19.2 Å². The lowest BCUT2D eigenvalue weighted by molar-refractivity contribution is -0.128. The molecular formula is C24H27N3O4S. The molecule has 2 aromatic carbocycles. The Morgan fingerprint density at radius 1 is 1.06 bits per heavy atom. The average Bonchev–Trinajstić information content (AvgIpc) is 3.13. The van der Waals surface area contributed by atoms with E-state index in [0.29, 0.717) is 35.4 Å². The second kappa shape index (κ2) is 10.9. The van der Waals surface area contributed by atoms with Crippen LogP contribution in [0.25, 0.3) is 6.08 Å². The zero-order valence-electron chi connectivity index (χ0n) is 18.7. The normalized spacial score (nSPS) is 14.5. The maximum Gasteiger partial charge on any atom is 0.283 e. The number of hydrogen-bond donors (Lipinski definition) is 0. The van der Waals surface area contributed by atoms with Crippen molar-refractivity contribution in [3.05, 3.63) is 59.8 Å². The van der Waals surface area contributed by atoms with E-state index in [-0.39, 0.29) is 17.6 Å². The molecule has 1 heterocycles. The molecular weight excluding hydrogens is 426 g/mol. The summed E-state index contributed by atoms with van der Waals surface area (Å²) in [7, 11) is 3.18. The van der Waals surface area contributed by atoms with Crippen LogP contribution in [0.3, 0.4) is 0 Å². The van der Waals surface area contributed by atoms with Gasteiger partial charge in [-0.25, -0.2) is 4.99 Å². The molecule has 0 fully saturated rings. The highest BCUT2D eigenvalue weighted by atomic mass is 32.2. The smallest absolute Gasteiger partial charge is 0.283 e. The first kappa shape index (κ1) is 23.4. The van der Waals surface area contributed by atoms with Gasteiger partial charge in [-0.05, 0) is 49.8 Å². The highest BCUT2D eigenvalue weighted by Gasteiger charge is 2.32. The highest BCUT2D eigenvalue weighted by molar-refractivity contribution is 8.14. The average molecular weight is 454 g/mol. The Kier molecular flexibility index (Phi) is 7.94. The van der Waals surface area contributed by atoms with Crippen molar-refractivity contribution in [1.29, 1.82) is 0 Å². The number of amides is 2. The van der Waals surface area contributed by atoms with E-state index in [4.69, 9.17) is 9.47 Å². The molecule has 32 heavy (non-hydrogen) atoms. The number of thioether (sulfide) groups is 1. The van der Waals surface area contributed by atoms with Crippen LogP contribution in [-0.2, 0) is 9.59 Å². The molecule has 0 atom stereocenters. The third-order valence-corrected chi connectivity index (χ3v) is 5.92. The van der Waals surface area contributed by atoms with E-state index < -0.39 is 0 Å². The molecule has 1 aliphatic rings. The van der Waals surface area contributed by atoms with Crippen LogP contribution in [0.15, 0.2) is 59.2 Å². The molecule has 0 radical (unpaired) electrons. The summed E-state index contributed by atoms with van der Waals surface area (Å²) >= 11 is 1.25. The van der Waals surface area contributed by atoms with Crippen LogP contribution in [0.2, 0.25) is 0 Å². The predicted octanol–water partition coefficient (Wildman–Crippen LogP) is 4.05. The number of nitrogens with zero attached hydrogens (tertiary/aromatic N) is 3. The Morgan fingerprint density at radius 2 is 1.75 bits per heavy atom. The number of anilines is 1. The maximum atomic E-state index is 13.3. The molecule has 0 saturated heterocycles. The molecule has 168 valence electrons. The Morgan fingerprint density at radius 3 is 2.38 bits per heavy atom. The van der Waals surface area contributed by atoms with Crippen molar-refractivity contribution in [3.63, 3.8) is 0 Å². The summed E-state index contributed by atoms with van der Waals surface area (Å²) in [6.07, 6.45) is 1.73. The number of aliphatic imine (C=N–C) groups is 1. The fourth-order valence-corrected chi connectivity index (χ4v) is 4.14. The molecule has 0 aliphatic carbocycles.